The highest BCUT2D eigenvalue weighted by atomic mass is 15.2. The van der Waals surface area contributed by atoms with Gasteiger partial charge in [-0.3, -0.25) is 0 Å². The van der Waals surface area contributed by atoms with Gasteiger partial charge < -0.3 is 10.2 Å². The normalized spacial score (nSPS) is 14.8. The predicted molar refractivity (Wildman–Crippen MR) is 83.1 cm³/mol. The third-order valence-corrected chi connectivity index (χ3v) is 3.04. The van der Waals surface area contributed by atoms with Gasteiger partial charge in [0.05, 0.1) is 0 Å². The van der Waals surface area contributed by atoms with E-state index in [1.54, 1.807) is 0 Å². The van der Waals surface area contributed by atoms with Gasteiger partial charge in [-0.05, 0) is 52.5 Å². The Balaban J connectivity index is 4.15. The monoisotopic (exact) mass is 256 g/mol. The third kappa shape index (κ3) is 9.90. The molecule has 0 saturated heterocycles. The molecule has 0 fully saturated rings. The van der Waals surface area contributed by atoms with Gasteiger partial charge in [-0.2, -0.15) is 0 Å². The summed E-state index contributed by atoms with van der Waals surface area (Å²) < 4.78 is 0. The lowest BCUT2D eigenvalue weighted by atomic mass is 10.1. The van der Waals surface area contributed by atoms with E-state index in [2.05, 4.69) is 65.6 Å². The van der Waals surface area contributed by atoms with Gasteiger partial charge in [-0.1, -0.05) is 27.7 Å². The van der Waals surface area contributed by atoms with Crippen LogP contribution in [-0.4, -0.2) is 36.1 Å². The van der Waals surface area contributed by atoms with Crippen LogP contribution in [0.5, 0.6) is 0 Å². The van der Waals surface area contributed by atoms with Crippen LogP contribution < -0.4 is 5.32 Å². The summed E-state index contributed by atoms with van der Waals surface area (Å²) in [5.41, 5.74) is 0.237. The maximum atomic E-state index is 3.59. The zero-order chi connectivity index (χ0) is 14.3. The average molecular weight is 256 g/mol. The Morgan fingerprint density at radius 1 is 0.889 bits per heavy atom. The Hall–Kier alpha value is -0.0800. The van der Waals surface area contributed by atoms with Crippen LogP contribution in [0.3, 0.4) is 0 Å². The second-order valence-electron chi connectivity index (χ2n) is 7.56. The Labute approximate surface area is 116 Å². The van der Waals surface area contributed by atoms with Crippen molar-refractivity contribution >= 4 is 0 Å². The minimum Gasteiger partial charge on any atom is -0.312 e. The minimum atomic E-state index is 0.237. The maximum Gasteiger partial charge on any atom is 0.00965 e. The molecular weight excluding hydrogens is 220 g/mol. The van der Waals surface area contributed by atoms with E-state index in [4.69, 9.17) is 0 Å². The molecule has 110 valence electrons. The molecule has 0 spiro atoms. The summed E-state index contributed by atoms with van der Waals surface area (Å²) in [5.74, 6) is 1.50. The van der Waals surface area contributed by atoms with Crippen LogP contribution in [0.15, 0.2) is 0 Å². The fourth-order valence-electron chi connectivity index (χ4n) is 2.21. The SMILES string of the molecule is CC(C)CN(CC(C)C)C(C)CCNC(C)(C)C. The van der Waals surface area contributed by atoms with Crippen LogP contribution in [0.2, 0.25) is 0 Å². The summed E-state index contributed by atoms with van der Waals surface area (Å²) in [6.07, 6.45) is 1.23. The summed E-state index contributed by atoms with van der Waals surface area (Å²) in [6.45, 7) is 21.9. The number of hydrogen-bond donors (Lipinski definition) is 1. The van der Waals surface area contributed by atoms with Crippen molar-refractivity contribution < 1.29 is 0 Å². The van der Waals surface area contributed by atoms with Crippen molar-refractivity contribution in [2.75, 3.05) is 19.6 Å². The van der Waals surface area contributed by atoms with Gasteiger partial charge in [0.15, 0.2) is 0 Å². The molecule has 0 aromatic carbocycles. The molecule has 0 saturated carbocycles. The fourth-order valence-corrected chi connectivity index (χ4v) is 2.21. The van der Waals surface area contributed by atoms with Gasteiger partial charge in [0.1, 0.15) is 0 Å². The minimum absolute atomic E-state index is 0.237. The number of rotatable bonds is 8. The fraction of sp³-hybridized carbons (Fsp3) is 1.00. The molecule has 1 N–H and O–H groups in total. The van der Waals surface area contributed by atoms with Crippen LogP contribution in [0.1, 0.15) is 61.8 Å². The van der Waals surface area contributed by atoms with Gasteiger partial charge in [-0.25, -0.2) is 0 Å². The van der Waals surface area contributed by atoms with Gasteiger partial charge in [0.25, 0.3) is 0 Å². The van der Waals surface area contributed by atoms with Crippen molar-refractivity contribution in [3.63, 3.8) is 0 Å². The first-order valence-electron chi connectivity index (χ1n) is 7.61. The molecule has 2 nitrogen and oxygen atoms in total. The lowest BCUT2D eigenvalue weighted by Crippen LogP contribution is -2.42. The van der Waals surface area contributed by atoms with E-state index in [1.807, 2.05) is 0 Å². The molecule has 0 aliphatic carbocycles. The van der Waals surface area contributed by atoms with Crippen LogP contribution >= 0.6 is 0 Å². The van der Waals surface area contributed by atoms with Crippen LogP contribution in [0.4, 0.5) is 0 Å². The third-order valence-electron chi connectivity index (χ3n) is 3.04. The first-order valence-corrected chi connectivity index (χ1v) is 7.61. The van der Waals surface area contributed by atoms with E-state index < -0.39 is 0 Å². The predicted octanol–water partition coefficient (Wildman–Crippen LogP) is 3.77. The molecule has 0 aromatic rings. The molecule has 1 unspecified atom stereocenters. The highest BCUT2D eigenvalue weighted by Crippen LogP contribution is 2.11. The van der Waals surface area contributed by atoms with Crippen LogP contribution in [0.25, 0.3) is 0 Å². The Morgan fingerprint density at radius 3 is 1.67 bits per heavy atom. The van der Waals surface area contributed by atoms with E-state index in [0.29, 0.717) is 6.04 Å². The molecule has 0 radical (unpaired) electrons. The average Bonchev–Trinajstić information content (AvgIpc) is 2.12. The van der Waals surface area contributed by atoms with Gasteiger partial charge in [0, 0.05) is 24.7 Å². The Bertz CT molecular complexity index is 194. The van der Waals surface area contributed by atoms with E-state index in [1.165, 1.54) is 19.5 Å². The first-order chi connectivity index (χ1) is 8.11. The highest BCUT2D eigenvalue weighted by Gasteiger charge is 2.17. The summed E-state index contributed by atoms with van der Waals surface area (Å²) in [7, 11) is 0. The molecule has 0 heterocycles. The van der Waals surface area contributed by atoms with Crippen molar-refractivity contribution in [3.05, 3.63) is 0 Å². The zero-order valence-corrected chi connectivity index (χ0v) is 14.0. The molecule has 0 rings (SSSR count). The second kappa shape index (κ2) is 8.16. The molecule has 1 atom stereocenters. The number of hydrogen-bond acceptors (Lipinski definition) is 2. The van der Waals surface area contributed by atoms with Crippen molar-refractivity contribution in [2.24, 2.45) is 11.8 Å². The standard InChI is InChI=1S/C16H36N2/c1-13(2)11-18(12-14(3)4)15(5)9-10-17-16(6,7)8/h13-15,17H,9-12H2,1-8H3. The summed E-state index contributed by atoms with van der Waals surface area (Å²) in [4.78, 5) is 2.65. The number of nitrogens with zero attached hydrogens (tertiary/aromatic N) is 1. The molecule has 0 aliphatic rings. The lowest BCUT2D eigenvalue weighted by Gasteiger charge is -2.33. The smallest absolute Gasteiger partial charge is 0.00965 e. The van der Waals surface area contributed by atoms with Gasteiger partial charge in [-0.15, -0.1) is 0 Å². The molecule has 0 aliphatic heterocycles. The van der Waals surface area contributed by atoms with Crippen molar-refractivity contribution in [3.8, 4) is 0 Å². The largest absolute Gasteiger partial charge is 0.312 e. The van der Waals surface area contributed by atoms with Crippen molar-refractivity contribution in [1.82, 2.24) is 10.2 Å². The molecule has 0 aromatic heterocycles. The number of nitrogens with one attached hydrogen (secondary N) is 1. The summed E-state index contributed by atoms with van der Waals surface area (Å²) in [5, 5.41) is 3.59. The maximum absolute atomic E-state index is 3.59. The molecule has 0 bridgehead atoms. The van der Waals surface area contributed by atoms with E-state index in [9.17, 15) is 0 Å². The van der Waals surface area contributed by atoms with E-state index in [0.717, 1.165) is 18.4 Å². The topological polar surface area (TPSA) is 15.3 Å². The zero-order valence-electron chi connectivity index (χ0n) is 14.0. The summed E-state index contributed by atoms with van der Waals surface area (Å²) >= 11 is 0. The molecular formula is C16H36N2. The van der Waals surface area contributed by atoms with Gasteiger partial charge >= 0.3 is 0 Å². The molecule has 0 amide bonds. The molecule has 2 heteroatoms. The van der Waals surface area contributed by atoms with Crippen molar-refractivity contribution in [1.29, 1.82) is 0 Å². The Kier molecular flexibility index (Phi) is 8.13. The van der Waals surface area contributed by atoms with E-state index in [-0.39, 0.29) is 5.54 Å². The first kappa shape index (κ1) is 17.9. The Morgan fingerprint density at radius 2 is 1.33 bits per heavy atom. The van der Waals surface area contributed by atoms with Gasteiger partial charge in [0.2, 0.25) is 0 Å². The van der Waals surface area contributed by atoms with E-state index >= 15 is 0 Å². The quantitative estimate of drug-likeness (QED) is 0.711. The van der Waals surface area contributed by atoms with Crippen LogP contribution in [-0.2, 0) is 0 Å². The van der Waals surface area contributed by atoms with Crippen molar-refractivity contribution in [2.45, 2.75) is 73.4 Å². The summed E-state index contributed by atoms with van der Waals surface area (Å²) in [6, 6.07) is 0.671. The lowest BCUT2D eigenvalue weighted by molar-refractivity contribution is 0.157. The molecule has 18 heavy (non-hydrogen) atoms. The second-order valence-corrected chi connectivity index (χ2v) is 7.56. The van der Waals surface area contributed by atoms with Crippen LogP contribution in [0, 0.1) is 11.8 Å². The highest BCUT2D eigenvalue weighted by molar-refractivity contribution is 4.75.